The summed E-state index contributed by atoms with van der Waals surface area (Å²) in [6, 6.07) is 1.88. The van der Waals surface area contributed by atoms with Crippen LogP contribution in [0.2, 0.25) is 0 Å². The second-order valence-corrected chi connectivity index (χ2v) is 3.64. The molecule has 13 heavy (non-hydrogen) atoms. The van der Waals surface area contributed by atoms with Crippen LogP contribution in [0, 0.1) is 0 Å². The monoisotopic (exact) mass is 198 g/mol. The van der Waals surface area contributed by atoms with Gasteiger partial charge in [-0.3, -0.25) is 4.79 Å². The molecule has 0 aromatic carbocycles. The fourth-order valence-corrected chi connectivity index (χ4v) is 1.54. The predicted molar refractivity (Wildman–Crippen MR) is 54.7 cm³/mol. The maximum absolute atomic E-state index is 11.3. The molecule has 0 saturated heterocycles. The molecule has 1 amide bonds. The zero-order valence-corrected chi connectivity index (χ0v) is 8.65. The highest BCUT2D eigenvalue weighted by Crippen LogP contribution is 2.04. The molecule has 1 atom stereocenters. The summed E-state index contributed by atoms with van der Waals surface area (Å²) in [5.41, 5.74) is 1.15. The van der Waals surface area contributed by atoms with Gasteiger partial charge in [0.05, 0.1) is 6.04 Å². The Hall–Kier alpha value is -0.870. The average molecular weight is 198 g/mol. The van der Waals surface area contributed by atoms with Gasteiger partial charge in [-0.25, -0.2) is 0 Å². The Morgan fingerprint density at radius 1 is 1.69 bits per heavy atom. The standard InChI is InChI=1S/C9H14N2OS/c1-7(10-2)9(12)11-5-8-3-4-13-6-8/h3-4,6-7,10H,5H2,1-2H3,(H,11,12). The quantitative estimate of drug-likeness (QED) is 0.757. The number of nitrogens with one attached hydrogen (secondary N) is 2. The second-order valence-electron chi connectivity index (χ2n) is 2.86. The van der Waals surface area contributed by atoms with Crippen molar-refractivity contribution in [2.75, 3.05) is 7.05 Å². The van der Waals surface area contributed by atoms with Crippen LogP contribution in [0.3, 0.4) is 0 Å². The first-order valence-corrected chi connectivity index (χ1v) is 5.14. The molecule has 1 aromatic rings. The molecule has 0 aliphatic rings. The number of carbonyl (C=O) groups is 1. The van der Waals surface area contributed by atoms with Gasteiger partial charge in [-0.05, 0) is 36.4 Å². The Morgan fingerprint density at radius 2 is 2.46 bits per heavy atom. The summed E-state index contributed by atoms with van der Waals surface area (Å²) in [6.45, 7) is 2.46. The molecular weight excluding hydrogens is 184 g/mol. The second kappa shape index (κ2) is 4.99. The normalized spacial score (nSPS) is 12.5. The van der Waals surface area contributed by atoms with E-state index in [0.717, 1.165) is 5.56 Å². The van der Waals surface area contributed by atoms with Crippen molar-refractivity contribution >= 4 is 17.2 Å². The molecule has 0 aliphatic carbocycles. The minimum absolute atomic E-state index is 0.0358. The molecule has 0 radical (unpaired) electrons. The smallest absolute Gasteiger partial charge is 0.237 e. The molecule has 2 N–H and O–H groups in total. The van der Waals surface area contributed by atoms with Crippen LogP contribution in [0.4, 0.5) is 0 Å². The molecule has 0 spiro atoms. The first-order chi connectivity index (χ1) is 6.24. The summed E-state index contributed by atoms with van der Waals surface area (Å²) < 4.78 is 0. The maximum atomic E-state index is 11.3. The lowest BCUT2D eigenvalue weighted by molar-refractivity contribution is -0.122. The molecular formula is C9H14N2OS. The van der Waals surface area contributed by atoms with Gasteiger partial charge < -0.3 is 10.6 Å². The molecule has 3 nitrogen and oxygen atoms in total. The highest BCUT2D eigenvalue weighted by atomic mass is 32.1. The molecule has 72 valence electrons. The zero-order chi connectivity index (χ0) is 9.68. The number of rotatable bonds is 4. The van der Waals surface area contributed by atoms with Gasteiger partial charge in [0.1, 0.15) is 0 Å². The van der Waals surface area contributed by atoms with Gasteiger partial charge in [0, 0.05) is 6.54 Å². The number of amides is 1. The number of hydrogen-bond acceptors (Lipinski definition) is 3. The minimum Gasteiger partial charge on any atom is -0.351 e. The van der Waals surface area contributed by atoms with E-state index in [2.05, 4.69) is 10.6 Å². The van der Waals surface area contributed by atoms with Crippen molar-refractivity contribution in [3.05, 3.63) is 22.4 Å². The Balaban J connectivity index is 2.31. The van der Waals surface area contributed by atoms with E-state index in [1.807, 2.05) is 23.8 Å². The number of hydrogen-bond donors (Lipinski definition) is 2. The third kappa shape index (κ3) is 3.16. The summed E-state index contributed by atoms with van der Waals surface area (Å²) in [7, 11) is 1.77. The first-order valence-electron chi connectivity index (χ1n) is 4.20. The van der Waals surface area contributed by atoms with Crippen molar-refractivity contribution in [3.8, 4) is 0 Å². The zero-order valence-electron chi connectivity index (χ0n) is 7.83. The van der Waals surface area contributed by atoms with Crippen molar-refractivity contribution in [3.63, 3.8) is 0 Å². The summed E-state index contributed by atoms with van der Waals surface area (Å²) in [5.74, 6) is 0.0358. The van der Waals surface area contributed by atoms with Crippen LogP contribution in [-0.2, 0) is 11.3 Å². The van der Waals surface area contributed by atoms with Gasteiger partial charge in [0.15, 0.2) is 0 Å². The summed E-state index contributed by atoms with van der Waals surface area (Å²) in [4.78, 5) is 11.3. The lowest BCUT2D eigenvalue weighted by Gasteiger charge is -2.09. The first kappa shape index (κ1) is 10.2. The molecule has 0 saturated carbocycles. The van der Waals surface area contributed by atoms with Gasteiger partial charge in [-0.15, -0.1) is 0 Å². The SMILES string of the molecule is CNC(C)C(=O)NCc1ccsc1. The van der Waals surface area contributed by atoms with Crippen LogP contribution in [0.25, 0.3) is 0 Å². The molecule has 1 aromatic heterocycles. The van der Waals surface area contributed by atoms with E-state index in [0.29, 0.717) is 6.54 Å². The third-order valence-electron chi connectivity index (χ3n) is 1.87. The van der Waals surface area contributed by atoms with E-state index in [1.165, 1.54) is 0 Å². The molecule has 0 aliphatic heterocycles. The van der Waals surface area contributed by atoms with E-state index < -0.39 is 0 Å². The lowest BCUT2D eigenvalue weighted by Crippen LogP contribution is -2.39. The molecule has 1 heterocycles. The van der Waals surface area contributed by atoms with Crippen molar-refractivity contribution in [1.82, 2.24) is 10.6 Å². The molecule has 0 bridgehead atoms. The Labute approximate surface area is 82.2 Å². The van der Waals surface area contributed by atoms with E-state index in [-0.39, 0.29) is 11.9 Å². The van der Waals surface area contributed by atoms with Crippen molar-refractivity contribution < 1.29 is 4.79 Å². The predicted octanol–water partition coefficient (Wildman–Crippen LogP) is 0.972. The van der Waals surface area contributed by atoms with Gasteiger partial charge in [0.2, 0.25) is 5.91 Å². The number of carbonyl (C=O) groups excluding carboxylic acids is 1. The van der Waals surface area contributed by atoms with E-state index in [9.17, 15) is 4.79 Å². The topological polar surface area (TPSA) is 41.1 Å². The highest BCUT2D eigenvalue weighted by Gasteiger charge is 2.08. The Morgan fingerprint density at radius 3 is 3.00 bits per heavy atom. The van der Waals surface area contributed by atoms with Crippen LogP contribution in [0.5, 0.6) is 0 Å². The highest BCUT2D eigenvalue weighted by molar-refractivity contribution is 7.07. The lowest BCUT2D eigenvalue weighted by atomic mass is 10.3. The summed E-state index contributed by atoms with van der Waals surface area (Å²) in [6.07, 6.45) is 0. The van der Waals surface area contributed by atoms with Gasteiger partial charge in [-0.1, -0.05) is 0 Å². The molecule has 1 unspecified atom stereocenters. The average Bonchev–Trinajstić information content (AvgIpc) is 2.65. The molecule has 0 fully saturated rings. The largest absolute Gasteiger partial charge is 0.351 e. The fraction of sp³-hybridized carbons (Fsp3) is 0.444. The number of likely N-dealkylation sites (N-methyl/N-ethyl adjacent to an activating group) is 1. The van der Waals surface area contributed by atoms with E-state index in [4.69, 9.17) is 0 Å². The number of thiophene rings is 1. The molecule has 1 rings (SSSR count). The van der Waals surface area contributed by atoms with Gasteiger partial charge in [0.25, 0.3) is 0 Å². The fourth-order valence-electron chi connectivity index (χ4n) is 0.867. The summed E-state index contributed by atoms with van der Waals surface area (Å²) >= 11 is 1.64. The van der Waals surface area contributed by atoms with Crippen LogP contribution >= 0.6 is 11.3 Å². The van der Waals surface area contributed by atoms with Crippen LogP contribution in [0.15, 0.2) is 16.8 Å². The maximum Gasteiger partial charge on any atom is 0.237 e. The van der Waals surface area contributed by atoms with Crippen molar-refractivity contribution in [2.45, 2.75) is 19.5 Å². The van der Waals surface area contributed by atoms with Gasteiger partial charge >= 0.3 is 0 Å². The molecule has 4 heteroatoms. The van der Waals surface area contributed by atoms with E-state index >= 15 is 0 Å². The van der Waals surface area contributed by atoms with Crippen LogP contribution in [-0.4, -0.2) is 19.0 Å². The van der Waals surface area contributed by atoms with Crippen LogP contribution < -0.4 is 10.6 Å². The van der Waals surface area contributed by atoms with Gasteiger partial charge in [-0.2, -0.15) is 11.3 Å². The van der Waals surface area contributed by atoms with Crippen molar-refractivity contribution in [1.29, 1.82) is 0 Å². The van der Waals surface area contributed by atoms with Crippen molar-refractivity contribution in [2.24, 2.45) is 0 Å². The van der Waals surface area contributed by atoms with E-state index in [1.54, 1.807) is 18.4 Å². The minimum atomic E-state index is -0.126. The summed E-state index contributed by atoms with van der Waals surface area (Å²) in [5, 5.41) is 9.76. The van der Waals surface area contributed by atoms with Crippen LogP contribution in [0.1, 0.15) is 12.5 Å². The third-order valence-corrected chi connectivity index (χ3v) is 2.61. The Kier molecular flexibility index (Phi) is 3.92. The Bertz CT molecular complexity index is 259.